The van der Waals surface area contributed by atoms with Gasteiger partial charge in [0.1, 0.15) is 35.4 Å². The third kappa shape index (κ3) is 5.88. The van der Waals surface area contributed by atoms with Gasteiger partial charge < -0.3 is 34.3 Å². The van der Waals surface area contributed by atoms with Gasteiger partial charge in [-0.3, -0.25) is 0 Å². The maximum atomic E-state index is 12.1. The molecule has 2 N–H and O–H groups in total. The van der Waals surface area contributed by atoms with Crippen LogP contribution in [0.4, 0.5) is 10.5 Å². The predicted molar refractivity (Wildman–Crippen MR) is 102 cm³/mol. The Kier molecular flexibility index (Phi) is 7.42. The highest BCUT2D eigenvalue weighted by Crippen LogP contribution is 2.29. The highest BCUT2D eigenvalue weighted by Gasteiger charge is 2.09. The Bertz CT molecular complexity index is 744. The molecule has 0 spiro atoms. The monoisotopic (exact) mass is 376 g/mol. The second-order valence-corrected chi connectivity index (χ2v) is 5.34. The zero-order chi connectivity index (χ0) is 19.6. The van der Waals surface area contributed by atoms with E-state index in [-0.39, 0.29) is 12.6 Å². The number of ether oxygens (including phenoxy) is 5. The Labute approximate surface area is 158 Å². The molecule has 27 heavy (non-hydrogen) atoms. The van der Waals surface area contributed by atoms with Crippen molar-refractivity contribution in [2.75, 3.05) is 46.9 Å². The molecule has 0 saturated heterocycles. The van der Waals surface area contributed by atoms with Crippen LogP contribution in [0, 0.1) is 0 Å². The Hall–Kier alpha value is -3.29. The van der Waals surface area contributed by atoms with Gasteiger partial charge in [0.25, 0.3) is 0 Å². The molecule has 0 aliphatic carbocycles. The summed E-state index contributed by atoms with van der Waals surface area (Å²) in [5.41, 5.74) is 0.507. The van der Waals surface area contributed by atoms with Crippen LogP contribution >= 0.6 is 0 Å². The lowest BCUT2D eigenvalue weighted by Gasteiger charge is -2.13. The molecule has 0 heterocycles. The highest BCUT2D eigenvalue weighted by atomic mass is 16.5. The van der Waals surface area contributed by atoms with Gasteiger partial charge in [-0.15, -0.1) is 0 Å². The second kappa shape index (κ2) is 10.0. The molecule has 2 amide bonds. The maximum Gasteiger partial charge on any atom is 0.319 e. The zero-order valence-electron chi connectivity index (χ0n) is 15.8. The lowest BCUT2D eigenvalue weighted by Crippen LogP contribution is -2.32. The summed E-state index contributed by atoms with van der Waals surface area (Å²) in [6.07, 6.45) is 0. The average molecular weight is 376 g/mol. The molecule has 2 aromatic rings. The van der Waals surface area contributed by atoms with E-state index < -0.39 is 0 Å². The molecule has 0 radical (unpaired) electrons. The van der Waals surface area contributed by atoms with Crippen molar-refractivity contribution in [2.45, 2.75) is 0 Å². The number of carbonyl (C=O) groups is 1. The van der Waals surface area contributed by atoms with Gasteiger partial charge in [-0.1, -0.05) is 0 Å². The van der Waals surface area contributed by atoms with Crippen LogP contribution in [0.5, 0.6) is 28.7 Å². The predicted octanol–water partition coefficient (Wildman–Crippen LogP) is 2.92. The molecule has 146 valence electrons. The first-order valence-electron chi connectivity index (χ1n) is 8.22. The van der Waals surface area contributed by atoms with Crippen molar-refractivity contribution in [3.05, 3.63) is 36.4 Å². The molecule has 0 saturated carbocycles. The Morgan fingerprint density at radius 3 is 2.04 bits per heavy atom. The van der Waals surface area contributed by atoms with Gasteiger partial charge in [-0.05, 0) is 12.1 Å². The summed E-state index contributed by atoms with van der Waals surface area (Å²) in [5.74, 6) is 2.98. The van der Waals surface area contributed by atoms with Crippen molar-refractivity contribution < 1.29 is 28.5 Å². The Morgan fingerprint density at radius 2 is 1.44 bits per heavy atom. The minimum absolute atomic E-state index is 0.277. The van der Waals surface area contributed by atoms with E-state index in [1.54, 1.807) is 57.7 Å². The first kappa shape index (κ1) is 20.0. The van der Waals surface area contributed by atoms with Gasteiger partial charge in [-0.25, -0.2) is 4.79 Å². The molecule has 8 heteroatoms. The second-order valence-electron chi connectivity index (χ2n) is 5.34. The fourth-order valence-electron chi connectivity index (χ4n) is 2.28. The molecule has 2 rings (SSSR count). The maximum absolute atomic E-state index is 12.1. The third-order valence-corrected chi connectivity index (χ3v) is 3.64. The first-order chi connectivity index (χ1) is 13.1. The van der Waals surface area contributed by atoms with E-state index in [0.29, 0.717) is 41.0 Å². The lowest BCUT2D eigenvalue weighted by molar-refractivity contribution is 0.247. The molecular weight excluding hydrogens is 352 g/mol. The molecule has 0 aliphatic heterocycles. The number of anilines is 1. The van der Waals surface area contributed by atoms with E-state index in [9.17, 15) is 4.79 Å². The molecule has 0 aliphatic rings. The lowest BCUT2D eigenvalue weighted by atomic mass is 10.2. The van der Waals surface area contributed by atoms with Crippen molar-refractivity contribution in [1.29, 1.82) is 0 Å². The fraction of sp³-hybridized carbons (Fsp3) is 0.316. The zero-order valence-corrected chi connectivity index (χ0v) is 15.8. The Balaban J connectivity index is 1.85. The molecule has 0 aromatic heterocycles. The van der Waals surface area contributed by atoms with E-state index in [0.717, 1.165) is 0 Å². The number of benzene rings is 2. The normalized spacial score (nSPS) is 9.93. The van der Waals surface area contributed by atoms with Crippen molar-refractivity contribution in [2.24, 2.45) is 0 Å². The smallest absolute Gasteiger partial charge is 0.319 e. The number of hydrogen-bond acceptors (Lipinski definition) is 6. The van der Waals surface area contributed by atoms with E-state index in [1.807, 2.05) is 0 Å². The number of rotatable bonds is 9. The standard InChI is InChI=1S/C19H24N2O6/c1-23-13-5-6-18(26-4)17(12-13)21-19(22)20-7-8-27-16-10-14(24-2)9-15(11-16)25-3/h5-6,9-12H,7-8H2,1-4H3,(H2,20,21,22). The van der Waals surface area contributed by atoms with Gasteiger partial charge in [0.05, 0.1) is 40.7 Å². The summed E-state index contributed by atoms with van der Waals surface area (Å²) < 4.78 is 26.4. The third-order valence-electron chi connectivity index (χ3n) is 3.64. The average Bonchev–Trinajstić information content (AvgIpc) is 2.70. The molecule has 0 bridgehead atoms. The van der Waals surface area contributed by atoms with Crippen LogP contribution in [0.3, 0.4) is 0 Å². The molecule has 0 atom stereocenters. The van der Waals surface area contributed by atoms with Crippen LogP contribution in [-0.2, 0) is 0 Å². The summed E-state index contributed by atoms with van der Waals surface area (Å²) in [7, 11) is 6.21. The molecular formula is C19H24N2O6. The number of nitrogens with one attached hydrogen (secondary N) is 2. The molecule has 0 unspecified atom stereocenters. The van der Waals surface area contributed by atoms with Crippen LogP contribution in [0.25, 0.3) is 0 Å². The minimum Gasteiger partial charge on any atom is -0.497 e. The number of hydrogen-bond donors (Lipinski definition) is 2. The SMILES string of the molecule is COc1cc(OC)cc(OCCNC(=O)Nc2cc(OC)ccc2OC)c1. The van der Waals surface area contributed by atoms with Crippen LogP contribution in [0.15, 0.2) is 36.4 Å². The van der Waals surface area contributed by atoms with Gasteiger partial charge in [0.15, 0.2) is 0 Å². The Morgan fingerprint density at radius 1 is 0.815 bits per heavy atom. The van der Waals surface area contributed by atoms with E-state index in [4.69, 9.17) is 23.7 Å². The van der Waals surface area contributed by atoms with Gasteiger partial charge in [-0.2, -0.15) is 0 Å². The van der Waals surface area contributed by atoms with Crippen LogP contribution in [-0.4, -0.2) is 47.6 Å². The molecule has 2 aromatic carbocycles. The van der Waals surface area contributed by atoms with Crippen molar-refractivity contribution in [3.63, 3.8) is 0 Å². The fourth-order valence-corrected chi connectivity index (χ4v) is 2.28. The van der Waals surface area contributed by atoms with Gasteiger partial charge in [0, 0.05) is 24.3 Å². The summed E-state index contributed by atoms with van der Waals surface area (Å²) in [5, 5.41) is 5.43. The van der Waals surface area contributed by atoms with Gasteiger partial charge in [0.2, 0.25) is 0 Å². The van der Waals surface area contributed by atoms with Crippen molar-refractivity contribution in [1.82, 2.24) is 5.32 Å². The van der Waals surface area contributed by atoms with Crippen LogP contribution in [0.2, 0.25) is 0 Å². The largest absolute Gasteiger partial charge is 0.497 e. The highest BCUT2D eigenvalue weighted by molar-refractivity contribution is 5.91. The first-order valence-corrected chi connectivity index (χ1v) is 8.22. The summed E-state index contributed by atoms with van der Waals surface area (Å²) in [6.45, 7) is 0.580. The van der Waals surface area contributed by atoms with Crippen LogP contribution < -0.4 is 34.3 Å². The summed E-state index contributed by atoms with van der Waals surface area (Å²) >= 11 is 0. The van der Waals surface area contributed by atoms with Crippen molar-refractivity contribution >= 4 is 11.7 Å². The van der Waals surface area contributed by atoms with Gasteiger partial charge >= 0.3 is 6.03 Å². The summed E-state index contributed by atoms with van der Waals surface area (Å²) in [4.78, 5) is 12.1. The number of methoxy groups -OCH3 is 4. The molecule has 0 fully saturated rings. The quantitative estimate of drug-likeness (QED) is 0.655. The van der Waals surface area contributed by atoms with Crippen molar-refractivity contribution in [3.8, 4) is 28.7 Å². The molecule has 8 nitrogen and oxygen atoms in total. The topological polar surface area (TPSA) is 87.3 Å². The summed E-state index contributed by atoms with van der Waals surface area (Å²) in [6, 6.07) is 9.99. The van der Waals surface area contributed by atoms with E-state index >= 15 is 0 Å². The number of urea groups is 1. The van der Waals surface area contributed by atoms with Crippen LogP contribution in [0.1, 0.15) is 0 Å². The van der Waals surface area contributed by atoms with E-state index in [1.165, 1.54) is 7.11 Å². The number of amides is 2. The number of carbonyl (C=O) groups excluding carboxylic acids is 1. The van der Waals surface area contributed by atoms with E-state index in [2.05, 4.69) is 10.6 Å². The minimum atomic E-state index is -0.381.